The van der Waals surface area contributed by atoms with Crippen LogP contribution in [0.2, 0.25) is 0 Å². The lowest BCUT2D eigenvalue weighted by Gasteiger charge is -2.37. The Hall–Kier alpha value is -3.12. The van der Waals surface area contributed by atoms with Gasteiger partial charge in [-0.25, -0.2) is 4.79 Å². The van der Waals surface area contributed by atoms with Gasteiger partial charge in [0.05, 0.1) is 18.2 Å². The number of allylic oxidation sites excluding steroid dienone is 1. The molecule has 6 nitrogen and oxygen atoms in total. The maximum atomic E-state index is 13.1. The maximum Gasteiger partial charge on any atom is 0.337 e. The average Bonchev–Trinajstić information content (AvgIpc) is 3.15. The Morgan fingerprint density at radius 3 is 2.59 bits per heavy atom. The second kappa shape index (κ2) is 8.43. The molecule has 1 saturated carbocycles. The van der Waals surface area contributed by atoms with E-state index in [-0.39, 0.29) is 11.5 Å². The Labute approximate surface area is 187 Å². The first-order chi connectivity index (χ1) is 15.5. The second-order valence-electron chi connectivity index (χ2n) is 8.73. The van der Waals surface area contributed by atoms with Gasteiger partial charge >= 0.3 is 5.97 Å². The van der Waals surface area contributed by atoms with E-state index in [4.69, 9.17) is 14.2 Å². The number of hydrogen-bond acceptors (Lipinski definition) is 6. The molecule has 0 saturated heterocycles. The fraction of sp³-hybridized carbons (Fsp3) is 0.385. The highest BCUT2D eigenvalue weighted by Crippen LogP contribution is 2.43. The minimum Gasteiger partial charge on any atom is -0.477 e. The van der Waals surface area contributed by atoms with Gasteiger partial charge in [0.25, 0.3) is 0 Å². The van der Waals surface area contributed by atoms with Gasteiger partial charge in [-0.1, -0.05) is 31.4 Å². The summed E-state index contributed by atoms with van der Waals surface area (Å²) in [5.74, 6) is 1.18. The van der Waals surface area contributed by atoms with E-state index in [1.165, 1.54) is 39.2 Å². The molecule has 166 valence electrons. The van der Waals surface area contributed by atoms with Crippen LogP contribution in [0.3, 0.4) is 0 Å². The molecule has 32 heavy (non-hydrogen) atoms. The maximum absolute atomic E-state index is 13.1. The highest BCUT2D eigenvalue weighted by atomic mass is 16.5. The molecule has 0 unspecified atom stereocenters. The molecular weight excluding hydrogens is 406 g/mol. The number of carbonyl (C=O) groups excluding carboxylic acids is 2. The smallest absolute Gasteiger partial charge is 0.337 e. The molecule has 2 aliphatic heterocycles. The van der Waals surface area contributed by atoms with Crippen LogP contribution in [-0.4, -0.2) is 36.5 Å². The van der Waals surface area contributed by atoms with E-state index in [2.05, 4.69) is 4.90 Å². The average molecular weight is 434 g/mol. The molecule has 0 amide bonds. The molecule has 0 spiro atoms. The van der Waals surface area contributed by atoms with Crippen LogP contribution in [0.4, 0.5) is 0 Å². The van der Waals surface area contributed by atoms with Crippen molar-refractivity contribution >= 4 is 17.8 Å². The zero-order chi connectivity index (χ0) is 22.2. The van der Waals surface area contributed by atoms with Crippen LogP contribution in [0.15, 0.2) is 36.1 Å². The summed E-state index contributed by atoms with van der Waals surface area (Å²) in [5, 5.41) is 0. The summed E-state index contributed by atoms with van der Waals surface area (Å²) < 4.78 is 16.9. The number of nitrogens with zero attached hydrogens (tertiary/aromatic N) is 1. The molecule has 1 aliphatic carbocycles. The summed E-state index contributed by atoms with van der Waals surface area (Å²) in [4.78, 5) is 27.1. The largest absolute Gasteiger partial charge is 0.477 e. The zero-order valence-corrected chi connectivity index (χ0v) is 18.5. The van der Waals surface area contributed by atoms with Crippen LogP contribution >= 0.6 is 0 Å². The van der Waals surface area contributed by atoms with Crippen molar-refractivity contribution in [3.8, 4) is 11.5 Å². The third-order valence-corrected chi connectivity index (χ3v) is 6.69. The predicted octanol–water partition coefficient (Wildman–Crippen LogP) is 4.88. The fourth-order valence-electron chi connectivity index (χ4n) is 4.93. The molecule has 5 rings (SSSR count). The van der Waals surface area contributed by atoms with E-state index in [9.17, 15) is 9.59 Å². The summed E-state index contributed by atoms with van der Waals surface area (Å²) in [7, 11) is 1.35. The number of ketones is 1. The van der Waals surface area contributed by atoms with Gasteiger partial charge in [0.2, 0.25) is 5.78 Å². The van der Waals surface area contributed by atoms with Crippen LogP contribution in [-0.2, 0) is 11.3 Å². The van der Waals surface area contributed by atoms with Crippen molar-refractivity contribution in [1.82, 2.24) is 4.90 Å². The van der Waals surface area contributed by atoms with E-state index >= 15 is 0 Å². The summed E-state index contributed by atoms with van der Waals surface area (Å²) in [6.07, 6.45) is 8.01. The summed E-state index contributed by atoms with van der Waals surface area (Å²) in [6.45, 7) is 3.34. The van der Waals surface area contributed by atoms with E-state index in [0.29, 0.717) is 29.6 Å². The number of fused-ring (bicyclic) bond motifs is 2. The quantitative estimate of drug-likeness (QED) is 0.508. The number of ether oxygens (including phenoxy) is 3. The van der Waals surface area contributed by atoms with Gasteiger partial charge in [-0.15, -0.1) is 0 Å². The molecule has 0 aromatic heterocycles. The number of rotatable bonds is 3. The Bertz CT molecular complexity index is 1100. The SMILES string of the molecule is COC(=O)c1ccc(/C=C2\Oc3c(cc4c(c3C)OCN(C3CCCCC3)C4)C2=O)cc1. The number of benzene rings is 2. The predicted molar refractivity (Wildman–Crippen MR) is 120 cm³/mol. The van der Waals surface area contributed by atoms with E-state index in [0.717, 1.165) is 29.0 Å². The molecule has 2 aromatic rings. The first kappa shape index (κ1) is 20.8. The third-order valence-electron chi connectivity index (χ3n) is 6.69. The lowest BCUT2D eigenvalue weighted by Crippen LogP contribution is -2.41. The third kappa shape index (κ3) is 3.69. The number of methoxy groups -OCH3 is 1. The molecule has 1 fully saturated rings. The van der Waals surface area contributed by atoms with Crippen molar-refractivity contribution in [1.29, 1.82) is 0 Å². The van der Waals surface area contributed by atoms with Crippen LogP contribution in [0.1, 0.15) is 69.5 Å². The number of carbonyl (C=O) groups is 2. The Morgan fingerprint density at radius 2 is 1.88 bits per heavy atom. The van der Waals surface area contributed by atoms with Gasteiger partial charge in [-0.05, 0) is 49.6 Å². The molecule has 2 aromatic carbocycles. The minimum absolute atomic E-state index is 0.127. The summed E-state index contributed by atoms with van der Waals surface area (Å²) >= 11 is 0. The Kier molecular flexibility index (Phi) is 5.47. The van der Waals surface area contributed by atoms with Crippen molar-refractivity contribution in [3.63, 3.8) is 0 Å². The van der Waals surface area contributed by atoms with Crippen molar-refractivity contribution in [2.45, 2.75) is 51.6 Å². The van der Waals surface area contributed by atoms with Gasteiger partial charge < -0.3 is 14.2 Å². The minimum atomic E-state index is -0.395. The standard InChI is InChI=1S/C26H27NO5/c1-16-24-19(14-27(15-31-24)20-6-4-3-5-7-20)13-21-23(28)22(32-25(16)21)12-17-8-10-18(11-9-17)26(29)30-2/h8-13,20H,3-7,14-15H2,1-2H3/b22-12-. The molecule has 6 heteroatoms. The van der Waals surface area contributed by atoms with E-state index in [1.807, 2.05) is 13.0 Å². The van der Waals surface area contributed by atoms with Crippen LogP contribution in [0, 0.1) is 6.92 Å². The normalized spacial score (nSPS) is 19.8. The lowest BCUT2D eigenvalue weighted by molar-refractivity contribution is 0.0396. The molecule has 0 radical (unpaired) electrons. The number of esters is 1. The summed E-state index contributed by atoms with van der Waals surface area (Å²) in [5.41, 5.74) is 3.75. The molecular formula is C26H27NO5. The molecule has 3 aliphatic rings. The second-order valence-corrected chi connectivity index (χ2v) is 8.73. The highest BCUT2D eigenvalue weighted by Gasteiger charge is 2.34. The van der Waals surface area contributed by atoms with Gasteiger partial charge in [-0.2, -0.15) is 0 Å². The lowest BCUT2D eigenvalue weighted by atomic mass is 9.93. The Morgan fingerprint density at radius 1 is 1.12 bits per heavy atom. The van der Waals surface area contributed by atoms with Crippen molar-refractivity contribution in [3.05, 3.63) is 63.9 Å². The van der Waals surface area contributed by atoms with E-state index < -0.39 is 5.97 Å². The number of hydrogen-bond donors (Lipinski definition) is 0. The van der Waals surface area contributed by atoms with Crippen molar-refractivity contribution in [2.75, 3.05) is 13.8 Å². The van der Waals surface area contributed by atoms with E-state index in [1.54, 1.807) is 30.3 Å². The Balaban J connectivity index is 1.40. The molecule has 0 bridgehead atoms. The van der Waals surface area contributed by atoms with Crippen molar-refractivity contribution < 1.29 is 23.8 Å². The summed E-state index contributed by atoms with van der Waals surface area (Å²) in [6, 6.07) is 9.37. The van der Waals surface area contributed by atoms with Crippen molar-refractivity contribution in [2.24, 2.45) is 0 Å². The van der Waals surface area contributed by atoms with Gasteiger partial charge in [-0.3, -0.25) is 9.69 Å². The van der Waals surface area contributed by atoms with Gasteiger partial charge in [0, 0.05) is 23.7 Å². The topological polar surface area (TPSA) is 65.1 Å². The first-order valence-corrected chi connectivity index (χ1v) is 11.2. The monoisotopic (exact) mass is 433 g/mol. The molecule has 2 heterocycles. The van der Waals surface area contributed by atoms with Gasteiger partial charge in [0.15, 0.2) is 5.76 Å². The molecule has 0 N–H and O–H groups in total. The fourth-order valence-corrected chi connectivity index (χ4v) is 4.93. The zero-order valence-electron chi connectivity index (χ0n) is 18.5. The highest BCUT2D eigenvalue weighted by molar-refractivity contribution is 6.15. The van der Waals surface area contributed by atoms with Crippen LogP contribution < -0.4 is 9.47 Å². The molecule has 0 atom stereocenters. The van der Waals surface area contributed by atoms with Crippen LogP contribution in [0.5, 0.6) is 11.5 Å². The van der Waals surface area contributed by atoms with Crippen LogP contribution in [0.25, 0.3) is 6.08 Å². The van der Waals surface area contributed by atoms with Gasteiger partial charge in [0.1, 0.15) is 18.2 Å². The first-order valence-electron chi connectivity index (χ1n) is 11.2. The number of Topliss-reactive ketones (excluding diaryl/α,β-unsaturated/α-hetero) is 1.